The predicted octanol–water partition coefficient (Wildman–Crippen LogP) is 3.82. The lowest BCUT2D eigenvalue weighted by Gasteiger charge is -2.35. The van der Waals surface area contributed by atoms with E-state index in [1.54, 1.807) is 17.3 Å². The summed E-state index contributed by atoms with van der Waals surface area (Å²) in [5.41, 5.74) is 2.66. The third kappa shape index (κ3) is 2.93. The first-order valence-corrected chi connectivity index (χ1v) is 9.45. The molecule has 2 aliphatic rings. The van der Waals surface area contributed by atoms with Crippen molar-refractivity contribution in [3.05, 3.63) is 60.0 Å². The number of carbonyl (C=O) groups is 1. The van der Waals surface area contributed by atoms with Gasteiger partial charge in [0.15, 0.2) is 11.6 Å². The Kier molecular flexibility index (Phi) is 4.09. The SMILES string of the molecule is O=C(Nc1cnccn1)N1c2nc(-c3cccc(Cl)c3)ccc2N2CC[C@H]1C2. The van der Waals surface area contributed by atoms with E-state index in [2.05, 4.69) is 20.2 Å². The summed E-state index contributed by atoms with van der Waals surface area (Å²) < 4.78 is 0. The van der Waals surface area contributed by atoms with Gasteiger partial charge in [0.2, 0.25) is 0 Å². The molecule has 8 heteroatoms. The molecule has 0 aliphatic carbocycles. The van der Waals surface area contributed by atoms with E-state index in [0.717, 1.165) is 36.5 Å². The summed E-state index contributed by atoms with van der Waals surface area (Å²) in [6.45, 7) is 1.71. The molecule has 7 nitrogen and oxygen atoms in total. The topological polar surface area (TPSA) is 74.2 Å². The molecule has 5 rings (SSSR count). The van der Waals surface area contributed by atoms with Crippen LogP contribution in [0.3, 0.4) is 0 Å². The second-order valence-corrected chi connectivity index (χ2v) is 7.27. The zero-order valence-corrected chi connectivity index (χ0v) is 15.7. The minimum atomic E-state index is -0.246. The highest BCUT2D eigenvalue weighted by Crippen LogP contribution is 2.40. The summed E-state index contributed by atoms with van der Waals surface area (Å²) >= 11 is 6.14. The Bertz CT molecular complexity index is 1040. The highest BCUT2D eigenvalue weighted by Gasteiger charge is 2.40. The van der Waals surface area contributed by atoms with Crippen LogP contribution in [-0.2, 0) is 0 Å². The van der Waals surface area contributed by atoms with Crippen LogP contribution >= 0.6 is 11.6 Å². The fourth-order valence-electron chi connectivity index (χ4n) is 3.81. The van der Waals surface area contributed by atoms with Gasteiger partial charge >= 0.3 is 6.03 Å². The van der Waals surface area contributed by atoms with Crippen LogP contribution in [-0.4, -0.2) is 40.1 Å². The number of nitrogens with zero attached hydrogens (tertiary/aromatic N) is 5. The van der Waals surface area contributed by atoms with E-state index in [1.807, 2.05) is 36.4 Å². The smallest absolute Gasteiger partial charge is 0.329 e. The summed E-state index contributed by atoms with van der Waals surface area (Å²) in [6, 6.07) is 11.4. The maximum atomic E-state index is 13.1. The van der Waals surface area contributed by atoms with Gasteiger partial charge in [-0.25, -0.2) is 14.8 Å². The lowest BCUT2D eigenvalue weighted by molar-refractivity contribution is 0.254. The zero-order valence-electron chi connectivity index (χ0n) is 14.9. The average molecular weight is 393 g/mol. The van der Waals surface area contributed by atoms with Crippen LogP contribution in [0.4, 0.5) is 22.1 Å². The first-order valence-electron chi connectivity index (χ1n) is 9.07. The average Bonchev–Trinajstić information content (AvgIpc) is 3.13. The number of amides is 2. The van der Waals surface area contributed by atoms with Crippen LogP contribution in [0.25, 0.3) is 11.3 Å². The van der Waals surface area contributed by atoms with Crippen LogP contribution in [0.1, 0.15) is 6.42 Å². The number of urea groups is 1. The van der Waals surface area contributed by atoms with E-state index in [0.29, 0.717) is 16.7 Å². The Morgan fingerprint density at radius 1 is 1.21 bits per heavy atom. The molecule has 4 heterocycles. The van der Waals surface area contributed by atoms with E-state index in [1.165, 1.54) is 6.20 Å². The molecule has 2 aliphatic heterocycles. The monoisotopic (exact) mass is 392 g/mol. The molecular formula is C20H17ClN6O. The molecule has 1 atom stereocenters. The van der Waals surface area contributed by atoms with Crippen molar-refractivity contribution in [3.8, 4) is 11.3 Å². The fourth-order valence-corrected chi connectivity index (χ4v) is 4.00. The molecule has 1 N–H and O–H groups in total. The molecule has 0 spiro atoms. The van der Waals surface area contributed by atoms with Crippen molar-refractivity contribution in [1.82, 2.24) is 15.0 Å². The van der Waals surface area contributed by atoms with Crippen LogP contribution in [0.5, 0.6) is 0 Å². The third-order valence-electron chi connectivity index (χ3n) is 5.09. The number of hydrogen-bond donors (Lipinski definition) is 1. The van der Waals surface area contributed by atoms with Gasteiger partial charge in [0.25, 0.3) is 0 Å². The minimum Gasteiger partial charge on any atom is -0.366 e. The van der Waals surface area contributed by atoms with Gasteiger partial charge in [0, 0.05) is 36.1 Å². The van der Waals surface area contributed by atoms with E-state index >= 15 is 0 Å². The van der Waals surface area contributed by atoms with Gasteiger partial charge in [-0.15, -0.1) is 0 Å². The van der Waals surface area contributed by atoms with Gasteiger partial charge in [-0.2, -0.15) is 0 Å². The standard InChI is InChI=1S/C20H17ClN6O/c21-14-3-1-2-13(10-14)16-4-5-17-19(24-16)27(15-6-9-26(17)12-15)20(28)25-18-11-22-7-8-23-18/h1-5,7-8,10-11,15H,6,9,12H2,(H,23,25,28)/t15-/m0/s1. The number of anilines is 3. The number of nitrogens with one attached hydrogen (secondary N) is 1. The largest absolute Gasteiger partial charge is 0.366 e. The first kappa shape index (κ1) is 16.9. The van der Waals surface area contributed by atoms with Crippen molar-refractivity contribution >= 4 is 35.0 Å². The van der Waals surface area contributed by atoms with Crippen molar-refractivity contribution in [2.45, 2.75) is 12.5 Å². The molecule has 0 radical (unpaired) electrons. The number of fused-ring (bicyclic) bond motifs is 4. The van der Waals surface area contributed by atoms with E-state index in [-0.39, 0.29) is 12.1 Å². The lowest BCUT2D eigenvalue weighted by atomic mass is 10.1. The van der Waals surface area contributed by atoms with Crippen LogP contribution in [0, 0.1) is 0 Å². The summed E-state index contributed by atoms with van der Waals surface area (Å²) in [7, 11) is 0. The van der Waals surface area contributed by atoms with Crippen molar-refractivity contribution in [2.24, 2.45) is 0 Å². The Hall–Kier alpha value is -3.19. The van der Waals surface area contributed by atoms with Crippen molar-refractivity contribution < 1.29 is 4.79 Å². The Morgan fingerprint density at radius 3 is 2.96 bits per heavy atom. The third-order valence-corrected chi connectivity index (χ3v) is 5.32. The second-order valence-electron chi connectivity index (χ2n) is 6.83. The highest BCUT2D eigenvalue weighted by molar-refractivity contribution is 6.30. The zero-order chi connectivity index (χ0) is 19.1. The van der Waals surface area contributed by atoms with Gasteiger partial charge in [0.1, 0.15) is 0 Å². The molecule has 0 saturated carbocycles. The molecule has 1 saturated heterocycles. The number of pyridine rings is 1. The normalized spacial score (nSPS) is 17.4. The summed E-state index contributed by atoms with van der Waals surface area (Å²) in [5.74, 6) is 1.08. The molecule has 2 aromatic heterocycles. The van der Waals surface area contributed by atoms with Crippen LogP contribution in [0.15, 0.2) is 55.0 Å². The molecular weight excluding hydrogens is 376 g/mol. The van der Waals surface area contributed by atoms with Crippen molar-refractivity contribution in [1.29, 1.82) is 0 Å². The van der Waals surface area contributed by atoms with E-state index in [4.69, 9.17) is 16.6 Å². The molecule has 1 fully saturated rings. The second kappa shape index (κ2) is 6.76. The Morgan fingerprint density at radius 2 is 2.14 bits per heavy atom. The molecule has 2 bridgehead atoms. The van der Waals surface area contributed by atoms with Crippen molar-refractivity contribution in [3.63, 3.8) is 0 Å². The van der Waals surface area contributed by atoms with E-state index in [9.17, 15) is 4.79 Å². The molecule has 0 unspecified atom stereocenters. The van der Waals surface area contributed by atoms with Gasteiger partial charge in [-0.05, 0) is 30.7 Å². The molecule has 1 aromatic carbocycles. The fraction of sp³-hybridized carbons (Fsp3) is 0.200. The molecule has 2 amide bonds. The maximum absolute atomic E-state index is 13.1. The number of rotatable bonds is 2. The minimum absolute atomic E-state index is 0.0753. The van der Waals surface area contributed by atoms with Gasteiger partial charge in [-0.3, -0.25) is 15.2 Å². The Balaban J connectivity index is 1.54. The first-order chi connectivity index (χ1) is 13.7. The molecule has 3 aromatic rings. The predicted molar refractivity (Wildman–Crippen MR) is 109 cm³/mol. The van der Waals surface area contributed by atoms with Crippen LogP contribution < -0.4 is 15.1 Å². The highest BCUT2D eigenvalue weighted by atomic mass is 35.5. The van der Waals surface area contributed by atoms with Crippen LogP contribution in [0.2, 0.25) is 5.02 Å². The molecule has 28 heavy (non-hydrogen) atoms. The number of carbonyl (C=O) groups excluding carboxylic acids is 1. The van der Waals surface area contributed by atoms with Gasteiger partial charge in [0.05, 0.1) is 23.6 Å². The summed E-state index contributed by atoms with van der Waals surface area (Å²) in [4.78, 5) is 30.1. The van der Waals surface area contributed by atoms with Crippen molar-refractivity contribution in [2.75, 3.05) is 28.2 Å². The molecule has 140 valence electrons. The number of hydrogen-bond acceptors (Lipinski definition) is 5. The summed E-state index contributed by atoms with van der Waals surface area (Å²) in [6.07, 6.45) is 5.54. The number of benzene rings is 1. The van der Waals surface area contributed by atoms with Gasteiger partial charge in [-0.1, -0.05) is 23.7 Å². The number of halogens is 1. The van der Waals surface area contributed by atoms with Gasteiger partial charge < -0.3 is 4.90 Å². The maximum Gasteiger partial charge on any atom is 0.329 e. The quantitative estimate of drug-likeness (QED) is 0.717. The lowest BCUT2D eigenvalue weighted by Crippen LogP contribution is -2.48. The Labute approximate surface area is 167 Å². The number of aromatic nitrogens is 3. The summed E-state index contributed by atoms with van der Waals surface area (Å²) in [5, 5.41) is 3.49. The van der Waals surface area contributed by atoms with E-state index < -0.39 is 0 Å².